The molecule has 5 nitrogen and oxygen atoms in total. The number of fused-ring (bicyclic) bond motifs is 2. The molecule has 1 amide bonds. The highest BCUT2D eigenvalue weighted by atomic mass is 32.1. The van der Waals surface area contributed by atoms with Gasteiger partial charge in [-0.05, 0) is 56.4 Å². The maximum atomic E-state index is 12.5. The summed E-state index contributed by atoms with van der Waals surface area (Å²) in [7, 11) is 1.72. The van der Waals surface area contributed by atoms with E-state index in [-0.39, 0.29) is 18.6 Å². The Morgan fingerprint density at radius 3 is 2.79 bits per heavy atom. The molecule has 0 spiro atoms. The lowest BCUT2D eigenvalue weighted by molar-refractivity contribution is -0.135. The predicted molar refractivity (Wildman–Crippen MR) is 112 cm³/mol. The fourth-order valence-electron chi connectivity index (χ4n) is 3.34. The van der Waals surface area contributed by atoms with Gasteiger partial charge in [0.1, 0.15) is 9.88 Å². The molecule has 1 aromatic carbocycles. The molecule has 0 fully saturated rings. The van der Waals surface area contributed by atoms with Crippen molar-refractivity contribution in [1.82, 2.24) is 9.88 Å². The molecule has 0 N–H and O–H groups in total. The third kappa shape index (κ3) is 3.82. The molecule has 0 saturated carbocycles. The van der Waals surface area contributed by atoms with E-state index in [4.69, 9.17) is 4.74 Å². The molecule has 0 radical (unpaired) electrons. The fraction of sp³-hybridized carbons (Fsp3) is 0.381. The van der Waals surface area contributed by atoms with Crippen molar-refractivity contribution in [2.24, 2.45) is 0 Å². The standard InChI is InChI=1S/C21H22N2O3S2/c1-13(20-22-15-8-4-6-10-17(15)28-20)23(2)19(24)12-26-21(25)18-11-14-7-3-5-9-16(14)27-18/h4,6,8,10-11,13H,3,5,7,9,12H2,1-2H3/t13-/m1/s1. The molecular formula is C21H22N2O3S2. The van der Waals surface area contributed by atoms with Gasteiger partial charge in [0.2, 0.25) is 0 Å². The van der Waals surface area contributed by atoms with E-state index < -0.39 is 5.97 Å². The second kappa shape index (κ2) is 8.01. The number of para-hydroxylation sites is 1. The van der Waals surface area contributed by atoms with Crippen molar-refractivity contribution in [1.29, 1.82) is 0 Å². The molecule has 0 unspecified atom stereocenters. The smallest absolute Gasteiger partial charge is 0.348 e. The van der Waals surface area contributed by atoms with E-state index in [0.717, 1.165) is 28.1 Å². The summed E-state index contributed by atoms with van der Waals surface area (Å²) in [6, 6.07) is 9.66. The lowest BCUT2D eigenvalue weighted by Crippen LogP contribution is -2.33. The van der Waals surface area contributed by atoms with Gasteiger partial charge in [-0.2, -0.15) is 0 Å². The number of hydrogen-bond acceptors (Lipinski definition) is 6. The van der Waals surface area contributed by atoms with E-state index >= 15 is 0 Å². The number of carbonyl (C=O) groups is 2. The minimum absolute atomic E-state index is 0.183. The predicted octanol–water partition coefficient (Wildman–Crippen LogP) is 4.61. The van der Waals surface area contributed by atoms with E-state index in [1.807, 2.05) is 37.3 Å². The molecule has 3 aromatic rings. The monoisotopic (exact) mass is 414 g/mol. The average Bonchev–Trinajstić information content (AvgIpc) is 3.34. The molecule has 7 heteroatoms. The maximum Gasteiger partial charge on any atom is 0.348 e. The van der Waals surface area contributed by atoms with Gasteiger partial charge < -0.3 is 9.64 Å². The third-order valence-corrected chi connectivity index (χ3v) is 7.59. The molecule has 1 aliphatic carbocycles. The Morgan fingerprint density at radius 2 is 2.00 bits per heavy atom. The number of amides is 1. The van der Waals surface area contributed by atoms with Crippen molar-refractivity contribution in [2.75, 3.05) is 13.7 Å². The van der Waals surface area contributed by atoms with Gasteiger partial charge in [-0.15, -0.1) is 22.7 Å². The number of benzene rings is 1. The highest BCUT2D eigenvalue weighted by Gasteiger charge is 2.23. The first kappa shape index (κ1) is 19.1. The SMILES string of the molecule is C[C@H](c1nc2ccccc2s1)N(C)C(=O)COC(=O)c1cc2c(s1)CCCC2. The highest BCUT2D eigenvalue weighted by molar-refractivity contribution is 7.18. The first-order valence-electron chi connectivity index (χ1n) is 9.43. The number of ether oxygens (including phenoxy) is 1. The number of thiophene rings is 1. The van der Waals surface area contributed by atoms with Crippen LogP contribution in [0.4, 0.5) is 0 Å². The van der Waals surface area contributed by atoms with Gasteiger partial charge in [-0.3, -0.25) is 4.79 Å². The normalized spacial score (nSPS) is 14.5. The summed E-state index contributed by atoms with van der Waals surface area (Å²) in [6.07, 6.45) is 4.41. The Kier molecular flexibility index (Phi) is 5.46. The van der Waals surface area contributed by atoms with Gasteiger partial charge in [-0.1, -0.05) is 12.1 Å². The number of aromatic nitrogens is 1. The van der Waals surface area contributed by atoms with Crippen molar-refractivity contribution < 1.29 is 14.3 Å². The molecule has 28 heavy (non-hydrogen) atoms. The van der Waals surface area contributed by atoms with Crippen molar-refractivity contribution >= 4 is 44.8 Å². The summed E-state index contributed by atoms with van der Waals surface area (Å²) >= 11 is 3.08. The van der Waals surface area contributed by atoms with Crippen molar-refractivity contribution in [2.45, 2.75) is 38.6 Å². The van der Waals surface area contributed by atoms with Crippen LogP contribution in [-0.4, -0.2) is 35.4 Å². The largest absolute Gasteiger partial charge is 0.451 e. The van der Waals surface area contributed by atoms with Crippen molar-refractivity contribution in [3.05, 3.63) is 50.7 Å². The number of hydrogen-bond donors (Lipinski definition) is 0. The van der Waals surface area contributed by atoms with Gasteiger partial charge in [-0.25, -0.2) is 9.78 Å². The minimum Gasteiger partial charge on any atom is -0.451 e. The first-order chi connectivity index (χ1) is 13.5. The van der Waals surface area contributed by atoms with E-state index in [1.54, 1.807) is 23.3 Å². The summed E-state index contributed by atoms with van der Waals surface area (Å²) in [5, 5.41) is 0.870. The van der Waals surface area contributed by atoms with E-state index in [2.05, 4.69) is 4.98 Å². The maximum absolute atomic E-state index is 12.5. The van der Waals surface area contributed by atoms with Gasteiger partial charge in [0.15, 0.2) is 6.61 Å². The quantitative estimate of drug-likeness (QED) is 0.572. The van der Waals surface area contributed by atoms with Gasteiger partial charge in [0.25, 0.3) is 5.91 Å². The molecular weight excluding hydrogens is 392 g/mol. The van der Waals surface area contributed by atoms with Crippen LogP contribution >= 0.6 is 22.7 Å². The lowest BCUT2D eigenvalue weighted by atomic mass is 9.99. The summed E-state index contributed by atoms with van der Waals surface area (Å²) in [4.78, 5) is 33.0. The number of thiazole rings is 1. The number of esters is 1. The van der Waals surface area contributed by atoms with Crippen LogP contribution in [0.25, 0.3) is 10.2 Å². The number of rotatable bonds is 5. The zero-order valence-corrected chi connectivity index (χ0v) is 17.6. The molecule has 0 aliphatic heterocycles. The molecule has 2 aromatic heterocycles. The molecule has 1 atom stereocenters. The van der Waals surface area contributed by atoms with Gasteiger partial charge >= 0.3 is 5.97 Å². The van der Waals surface area contributed by atoms with E-state index in [0.29, 0.717) is 4.88 Å². The van der Waals surface area contributed by atoms with Crippen molar-refractivity contribution in [3.63, 3.8) is 0 Å². The fourth-order valence-corrected chi connectivity index (χ4v) is 5.55. The second-order valence-corrected chi connectivity index (χ2v) is 9.24. The van der Waals surface area contributed by atoms with Crippen LogP contribution in [-0.2, 0) is 22.4 Å². The Labute approximate surface area is 172 Å². The summed E-state index contributed by atoms with van der Waals surface area (Å²) < 4.78 is 6.39. The van der Waals surface area contributed by atoms with Crippen LogP contribution in [0.15, 0.2) is 30.3 Å². The molecule has 1 aliphatic rings. The zero-order valence-electron chi connectivity index (χ0n) is 15.9. The van der Waals surface area contributed by atoms with Crippen LogP contribution in [0.5, 0.6) is 0 Å². The Morgan fingerprint density at radius 1 is 1.21 bits per heavy atom. The number of carbonyl (C=O) groups excluding carboxylic acids is 2. The number of likely N-dealkylation sites (N-methyl/N-ethyl adjacent to an activating group) is 1. The summed E-state index contributed by atoms with van der Waals surface area (Å²) in [5.74, 6) is -0.643. The van der Waals surface area contributed by atoms with E-state index in [9.17, 15) is 9.59 Å². The van der Waals surface area contributed by atoms with Crippen LogP contribution < -0.4 is 0 Å². The minimum atomic E-state index is -0.409. The zero-order chi connectivity index (χ0) is 19.7. The lowest BCUT2D eigenvalue weighted by Gasteiger charge is -2.22. The van der Waals surface area contributed by atoms with Crippen LogP contribution in [0.2, 0.25) is 0 Å². The average molecular weight is 415 g/mol. The van der Waals surface area contributed by atoms with Gasteiger partial charge in [0, 0.05) is 11.9 Å². The molecule has 4 rings (SSSR count). The number of aryl methyl sites for hydroxylation is 2. The van der Waals surface area contributed by atoms with Crippen LogP contribution in [0, 0.1) is 0 Å². The van der Waals surface area contributed by atoms with Crippen LogP contribution in [0.3, 0.4) is 0 Å². The topological polar surface area (TPSA) is 59.5 Å². The molecule has 0 saturated heterocycles. The van der Waals surface area contributed by atoms with Crippen molar-refractivity contribution in [3.8, 4) is 0 Å². The molecule has 0 bridgehead atoms. The van der Waals surface area contributed by atoms with Crippen LogP contribution in [0.1, 0.15) is 50.9 Å². The highest BCUT2D eigenvalue weighted by Crippen LogP contribution is 2.31. The Bertz CT molecular complexity index is 967. The second-order valence-electron chi connectivity index (χ2n) is 7.04. The summed E-state index contributed by atoms with van der Waals surface area (Å²) in [5.41, 5.74) is 2.19. The summed E-state index contributed by atoms with van der Waals surface area (Å²) in [6.45, 7) is 1.68. The molecule has 146 valence electrons. The number of nitrogens with zero attached hydrogens (tertiary/aromatic N) is 2. The first-order valence-corrected chi connectivity index (χ1v) is 11.1. The van der Waals surface area contributed by atoms with E-state index in [1.165, 1.54) is 34.6 Å². The van der Waals surface area contributed by atoms with Gasteiger partial charge in [0.05, 0.1) is 16.3 Å². The third-order valence-electron chi connectivity index (χ3n) is 5.17. The molecule has 2 heterocycles. The Balaban J connectivity index is 1.37. The Hall–Kier alpha value is -2.25.